The van der Waals surface area contributed by atoms with Crippen molar-refractivity contribution < 1.29 is 18.0 Å². The number of unbranched alkanes of at least 4 members (excludes halogenated alkanes) is 1. The quantitative estimate of drug-likeness (QED) is 0.223. The van der Waals surface area contributed by atoms with Gasteiger partial charge in [0.05, 0.1) is 11.9 Å². The molecule has 3 rings (SSSR count). The molecule has 0 aromatic heterocycles. The molecule has 3 aromatic rings. The van der Waals surface area contributed by atoms with Gasteiger partial charge in [0.1, 0.15) is 12.6 Å². The third-order valence-corrected chi connectivity index (χ3v) is 8.51. The molecule has 0 radical (unpaired) electrons. The van der Waals surface area contributed by atoms with Crippen LogP contribution in [0.3, 0.4) is 0 Å². The molecule has 0 aliphatic heterocycles. The summed E-state index contributed by atoms with van der Waals surface area (Å²) < 4.78 is 26.9. The second-order valence-electron chi connectivity index (χ2n) is 9.81. The highest BCUT2D eigenvalue weighted by Crippen LogP contribution is 2.28. The Morgan fingerprint density at radius 3 is 2.22 bits per heavy atom. The van der Waals surface area contributed by atoms with Gasteiger partial charge in [0.15, 0.2) is 0 Å². The van der Waals surface area contributed by atoms with Gasteiger partial charge in [-0.2, -0.15) is 0 Å². The molecule has 0 fully saturated rings. The maximum Gasteiger partial charge on any atom is 0.244 e. The molecule has 3 aromatic carbocycles. The Labute approximate surface area is 257 Å². The molecule has 0 heterocycles. The predicted octanol–water partition coefficient (Wildman–Crippen LogP) is 6.28. The van der Waals surface area contributed by atoms with Crippen LogP contribution in [-0.2, 0) is 32.6 Å². The highest BCUT2D eigenvalue weighted by atomic mass is 35.5. The molecule has 7 nitrogen and oxygen atoms in total. The molecule has 11 heteroatoms. The number of amides is 2. The standard InChI is InChI=1S/C30H34Cl3N3O4S/c1-4-5-15-34-30(38)28(17-22-9-7-6-8-10-22)35(19-23-11-12-25(32)18-26(23)33)29(37)20-36(41(3,39)40)27-14-13-24(31)16-21(27)2/h6-14,16,18,28H,4-5,15,17,19-20H2,1-3H3,(H,34,38). The van der Waals surface area contributed by atoms with Crippen molar-refractivity contribution in [1.29, 1.82) is 0 Å². The first-order valence-electron chi connectivity index (χ1n) is 13.2. The summed E-state index contributed by atoms with van der Waals surface area (Å²) >= 11 is 18.7. The first-order valence-corrected chi connectivity index (χ1v) is 16.2. The lowest BCUT2D eigenvalue weighted by molar-refractivity contribution is -0.140. The van der Waals surface area contributed by atoms with Gasteiger partial charge >= 0.3 is 0 Å². The summed E-state index contributed by atoms with van der Waals surface area (Å²) in [6.07, 6.45) is 2.91. The molecular weight excluding hydrogens is 605 g/mol. The van der Waals surface area contributed by atoms with Crippen LogP contribution in [0, 0.1) is 6.92 Å². The van der Waals surface area contributed by atoms with E-state index in [1.54, 1.807) is 43.3 Å². The molecule has 0 saturated carbocycles. The van der Waals surface area contributed by atoms with Crippen molar-refractivity contribution in [1.82, 2.24) is 10.2 Å². The number of carbonyl (C=O) groups is 2. The van der Waals surface area contributed by atoms with Gasteiger partial charge in [-0.25, -0.2) is 8.42 Å². The number of benzene rings is 3. The average molecular weight is 639 g/mol. The fraction of sp³-hybridized carbons (Fsp3) is 0.333. The lowest BCUT2D eigenvalue weighted by Gasteiger charge is -2.34. The highest BCUT2D eigenvalue weighted by molar-refractivity contribution is 7.92. The van der Waals surface area contributed by atoms with Crippen molar-refractivity contribution >= 4 is 62.3 Å². The maximum absolute atomic E-state index is 14.1. The van der Waals surface area contributed by atoms with Crippen molar-refractivity contribution in [2.24, 2.45) is 0 Å². The number of rotatable bonds is 13. The molecular formula is C30H34Cl3N3O4S. The van der Waals surface area contributed by atoms with Gasteiger partial charge in [-0.05, 0) is 60.4 Å². The Morgan fingerprint density at radius 2 is 1.61 bits per heavy atom. The summed E-state index contributed by atoms with van der Waals surface area (Å²) in [4.78, 5) is 29.2. The van der Waals surface area contributed by atoms with Crippen molar-refractivity contribution in [2.75, 3.05) is 23.7 Å². The largest absolute Gasteiger partial charge is 0.354 e. The molecule has 1 unspecified atom stereocenters. The van der Waals surface area contributed by atoms with Gasteiger partial charge in [-0.15, -0.1) is 0 Å². The molecule has 41 heavy (non-hydrogen) atoms. The number of hydrogen-bond donors (Lipinski definition) is 1. The summed E-state index contributed by atoms with van der Waals surface area (Å²) in [5, 5.41) is 4.14. The molecule has 1 atom stereocenters. The number of nitrogens with one attached hydrogen (secondary N) is 1. The summed E-state index contributed by atoms with van der Waals surface area (Å²) in [5.74, 6) is -0.906. The SMILES string of the molecule is CCCCNC(=O)C(Cc1ccccc1)N(Cc1ccc(Cl)cc1Cl)C(=O)CN(c1ccc(Cl)cc1C)S(C)(=O)=O. The van der Waals surface area contributed by atoms with Gasteiger partial charge in [-0.1, -0.05) is 84.5 Å². The first kappa shape index (κ1) is 32.7. The van der Waals surface area contributed by atoms with Crippen LogP contribution in [0.15, 0.2) is 66.7 Å². The van der Waals surface area contributed by atoms with Crippen molar-refractivity contribution in [3.8, 4) is 0 Å². The van der Waals surface area contributed by atoms with Crippen LogP contribution in [0.2, 0.25) is 15.1 Å². The molecule has 0 spiro atoms. The van der Waals surface area contributed by atoms with Crippen molar-refractivity contribution in [3.05, 3.63) is 98.5 Å². The van der Waals surface area contributed by atoms with E-state index in [-0.39, 0.29) is 18.9 Å². The van der Waals surface area contributed by atoms with Crippen LogP contribution in [0.1, 0.15) is 36.5 Å². The van der Waals surface area contributed by atoms with E-state index >= 15 is 0 Å². The van der Waals surface area contributed by atoms with Gasteiger partial charge < -0.3 is 10.2 Å². The zero-order chi connectivity index (χ0) is 30.2. The predicted molar refractivity (Wildman–Crippen MR) is 167 cm³/mol. The molecule has 0 aliphatic carbocycles. The van der Waals surface area contributed by atoms with Gasteiger partial charge in [-0.3, -0.25) is 13.9 Å². The lowest BCUT2D eigenvalue weighted by Crippen LogP contribution is -2.53. The molecule has 0 saturated heterocycles. The monoisotopic (exact) mass is 637 g/mol. The Kier molecular flexibility index (Phi) is 11.9. The Balaban J connectivity index is 2.08. The lowest BCUT2D eigenvalue weighted by atomic mass is 10.0. The normalized spacial score (nSPS) is 12.0. The highest BCUT2D eigenvalue weighted by Gasteiger charge is 2.33. The fourth-order valence-electron chi connectivity index (χ4n) is 4.39. The third kappa shape index (κ3) is 9.36. The number of aryl methyl sites for hydroxylation is 1. The van der Waals surface area contributed by atoms with Gasteiger partial charge in [0.2, 0.25) is 21.8 Å². The fourth-order valence-corrected chi connectivity index (χ4v) is 5.99. The molecule has 220 valence electrons. The zero-order valence-corrected chi connectivity index (χ0v) is 26.3. The second kappa shape index (κ2) is 14.9. The number of carbonyl (C=O) groups excluding carboxylic acids is 2. The summed E-state index contributed by atoms with van der Waals surface area (Å²) in [5.41, 5.74) is 2.32. The number of nitrogens with zero attached hydrogens (tertiary/aromatic N) is 2. The van der Waals surface area contributed by atoms with Crippen LogP contribution in [-0.4, -0.2) is 50.5 Å². The van der Waals surface area contributed by atoms with Crippen LogP contribution >= 0.6 is 34.8 Å². The minimum Gasteiger partial charge on any atom is -0.354 e. The number of hydrogen-bond acceptors (Lipinski definition) is 4. The van der Waals surface area contributed by atoms with E-state index in [4.69, 9.17) is 34.8 Å². The average Bonchev–Trinajstić information content (AvgIpc) is 2.90. The summed E-state index contributed by atoms with van der Waals surface area (Å²) in [7, 11) is -3.89. The number of sulfonamides is 1. The van der Waals surface area contributed by atoms with Crippen LogP contribution in [0.5, 0.6) is 0 Å². The topological polar surface area (TPSA) is 86.8 Å². The molecule has 0 bridgehead atoms. The van der Waals surface area contributed by atoms with Crippen molar-refractivity contribution in [3.63, 3.8) is 0 Å². The Bertz CT molecular complexity index is 1470. The summed E-state index contributed by atoms with van der Waals surface area (Å²) in [6.45, 7) is 3.62. The Morgan fingerprint density at radius 1 is 0.951 bits per heavy atom. The first-order chi connectivity index (χ1) is 19.4. The van der Waals surface area contributed by atoms with Gasteiger partial charge in [0, 0.05) is 34.6 Å². The molecule has 0 aliphatic rings. The molecule has 2 amide bonds. The van der Waals surface area contributed by atoms with E-state index in [1.807, 2.05) is 37.3 Å². The van der Waals surface area contributed by atoms with Crippen LogP contribution < -0.4 is 9.62 Å². The third-order valence-electron chi connectivity index (χ3n) is 6.56. The smallest absolute Gasteiger partial charge is 0.244 e. The number of halogens is 3. The second-order valence-corrected chi connectivity index (χ2v) is 13.0. The summed E-state index contributed by atoms with van der Waals surface area (Å²) in [6, 6.07) is 18.1. The zero-order valence-electron chi connectivity index (χ0n) is 23.2. The molecule has 1 N–H and O–H groups in total. The van der Waals surface area contributed by atoms with E-state index in [2.05, 4.69) is 5.32 Å². The maximum atomic E-state index is 14.1. The van der Waals surface area contributed by atoms with Crippen LogP contribution in [0.4, 0.5) is 5.69 Å². The van der Waals surface area contributed by atoms with E-state index in [0.717, 1.165) is 29.0 Å². The minimum atomic E-state index is -3.89. The minimum absolute atomic E-state index is 0.0370. The van der Waals surface area contributed by atoms with Crippen molar-refractivity contribution in [2.45, 2.75) is 45.7 Å². The Hall–Kier alpha value is -2.78. The van der Waals surface area contributed by atoms with E-state index in [0.29, 0.717) is 38.4 Å². The number of anilines is 1. The van der Waals surface area contributed by atoms with Crippen LogP contribution in [0.25, 0.3) is 0 Å². The van der Waals surface area contributed by atoms with E-state index < -0.39 is 28.5 Å². The van der Waals surface area contributed by atoms with E-state index in [9.17, 15) is 18.0 Å². The van der Waals surface area contributed by atoms with E-state index in [1.165, 1.54) is 4.90 Å². The van der Waals surface area contributed by atoms with Gasteiger partial charge in [0.25, 0.3) is 0 Å².